The Labute approximate surface area is 204 Å². The van der Waals surface area contributed by atoms with E-state index >= 15 is 0 Å². The number of carbonyl (C=O) groups is 1. The predicted molar refractivity (Wildman–Crippen MR) is 138 cm³/mol. The number of nitrogens with two attached hydrogens (primary N) is 1. The van der Waals surface area contributed by atoms with Crippen molar-refractivity contribution in [2.75, 3.05) is 14.2 Å². The molecule has 0 saturated carbocycles. The minimum Gasteiger partial charge on any atom is -0.501 e. The normalized spacial score (nSPS) is 15.7. The monoisotopic (exact) mass is 487 g/mol. The number of amides is 1. The van der Waals surface area contributed by atoms with E-state index in [-0.39, 0.29) is 17.9 Å². The minimum atomic E-state index is -0.555. The summed E-state index contributed by atoms with van der Waals surface area (Å²) in [5.41, 5.74) is 6.97. The fourth-order valence-corrected chi connectivity index (χ4v) is 4.66. The summed E-state index contributed by atoms with van der Waals surface area (Å²) in [6.45, 7) is 8.37. The molecule has 0 saturated heterocycles. The third kappa shape index (κ3) is 8.38. The number of methoxy groups -OCH3 is 2. The van der Waals surface area contributed by atoms with Crippen LogP contribution in [0.2, 0.25) is 0 Å². The van der Waals surface area contributed by atoms with Crippen molar-refractivity contribution in [1.29, 1.82) is 0 Å². The minimum absolute atomic E-state index is 0.187. The van der Waals surface area contributed by atoms with Crippen LogP contribution in [-0.4, -0.2) is 36.2 Å². The van der Waals surface area contributed by atoms with Gasteiger partial charge in [-0.3, -0.25) is 4.79 Å². The second kappa shape index (κ2) is 13.2. The topological polar surface area (TPSA) is 87.3 Å². The van der Waals surface area contributed by atoms with E-state index in [9.17, 15) is 4.79 Å². The zero-order chi connectivity index (χ0) is 24.4. The number of thiazole rings is 2. The summed E-state index contributed by atoms with van der Waals surface area (Å²) >= 11 is 3.20. The number of aromatic nitrogens is 2. The summed E-state index contributed by atoms with van der Waals surface area (Å²) in [5, 5.41) is 5.98. The van der Waals surface area contributed by atoms with E-state index in [4.69, 9.17) is 25.2 Å². The Morgan fingerprint density at radius 1 is 1.03 bits per heavy atom. The molecule has 3 atom stereocenters. The van der Waals surface area contributed by atoms with Gasteiger partial charge in [0.1, 0.15) is 16.5 Å². The number of primary amides is 1. The molecule has 2 rings (SSSR count). The SMILES string of the molecule is CO/C(=C/C(N)=O)[C@H](C)[C@H](/C=C\c1csc(-c2csc([C@@H](C)/C=C/C=C/C(C)C)n2)n1)OC. The van der Waals surface area contributed by atoms with Crippen molar-refractivity contribution in [2.24, 2.45) is 17.6 Å². The Hall–Kier alpha value is -2.55. The van der Waals surface area contributed by atoms with Crippen LogP contribution in [0.5, 0.6) is 0 Å². The van der Waals surface area contributed by atoms with Gasteiger partial charge in [-0.2, -0.15) is 0 Å². The molecule has 0 fully saturated rings. The van der Waals surface area contributed by atoms with E-state index in [1.54, 1.807) is 29.8 Å². The molecule has 0 aliphatic rings. The lowest BCUT2D eigenvalue weighted by Crippen LogP contribution is -2.22. The van der Waals surface area contributed by atoms with Crippen LogP contribution in [0.3, 0.4) is 0 Å². The van der Waals surface area contributed by atoms with Crippen LogP contribution in [0, 0.1) is 11.8 Å². The molecule has 0 aliphatic heterocycles. The Balaban J connectivity index is 2.09. The lowest BCUT2D eigenvalue weighted by atomic mass is 10.0. The Kier molecular flexibility index (Phi) is 10.7. The number of hydrogen-bond acceptors (Lipinski definition) is 7. The first kappa shape index (κ1) is 26.7. The molecule has 0 aliphatic carbocycles. The highest BCUT2D eigenvalue weighted by molar-refractivity contribution is 7.14. The molecule has 0 bridgehead atoms. The largest absolute Gasteiger partial charge is 0.501 e. The fourth-order valence-electron chi connectivity index (χ4n) is 3.00. The maximum absolute atomic E-state index is 11.2. The molecule has 0 aromatic carbocycles. The van der Waals surface area contributed by atoms with Crippen LogP contribution < -0.4 is 5.73 Å². The van der Waals surface area contributed by atoms with Gasteiger partial charge in [-0.1, -0.05) is 58.1 Å². The van der Waals surface area contributed by atoms with Crippen molar-refractivity contribution >= 4 is 34.7 Å². The maximum atomic E-state index is 11.2. The van der Waals surface area contributed by atoms with Crippen molar-refractivity contribution in [2.45, 2.75) is 39.7 Å². The van der Waals surface area contributed by atoms with Gasteiger partial charge in [0.25, 0.3) is 0 Å². The molecule has 2 N–H and O–H groups in total. The molecule has 1 amide bonds. The second-order valence-corrected chi connectivity index (χ2v) is 9.70. The van der Waals surface area contributed by atoms with Gasteiger partial charge >= 0.3 is 0 Å². The van der Waals surface area contributed by atoms with Gasteiger partial charge in [0.2, 0.25) is 5.91 Å². The van der Waals surface area contributed by atoms with E-state index in [1.807, 2.05) is 24.5 Å². The van der Waals surface area contributed by atoms with Gasteiger partial charge in [0.15, 0.2) is 0 Å². The number of hydrogen-bond donors (Lipinski definition) is 1. The summed E-state index contributed by atoms with van der Waals surface area (Å²) in [5.74, 6) is 0.512. The van der Waals surface area contributed by atoms with Crippen molar-refractivity contribution in [3.8, 4) is 10.7 Å². The zero-order valence-electron chi connectivity index (χ0n) is 20.0. The highest BCUT2D eigenvalue weighted by Gasteiger charge is 2.20. The number of ether oxygens (including phenoxy) is 2. The highest BCUT2D eigenvalue weighted by atomic mass is 32.1. The van der Waals surface area contributed by atoms with Crippen LogP contribution in [0.15, 0.2) is 53.0 Å². The molecule has 2 aromatic heterocycles. The third-order valence-electron chi connectivity index (χ3n) is 4.85. The van der Waals surface area contributed by atoms with Crippen LogP contribution in [-0.2, 0) is 14.3 Å². The number of rotatable bonds is 12. The lowest BCUT2D eigenvalue weighted by Gasteiger charge is -2.21. The van der Waals surface area contributed by atoms with Gasteiger partial charge in [0.05, 0.1) is 23.9 Å². The standard InChI is InChI=1S/C25H33N3O3S2/c1-16(2)9-7-8-10-17(3)24-28-20(15-33-24)25-27-19(14-32-25)11-12-21(30-5)18(4)22(31-6)13-23(26)29/h7-18,21H,1-6H3,(H2,26,29)/b9-7+,10-8+,12-11-,22-13+/t17-,18+,21-/m0/s1. The average molecular weight is 488 g/mol. The van der Waals surface area contributed by atoms with Crippen molar-refractivity contribution in [3.63, 3.8) is 0 Å². The first-order valence-electron chi connectivity index (χ1n) is 10.8. The van der Waals surface area contributed by atoms with Crippen LogP contribution in [0.25, 0.3) is 16.8 Å². The van der Waals surface area contributed by atoms with Crippen molar-refractivity contribution in [3.05, 3.63) is 63.7 Å². The van der Waals surface area contributed by atoms with Gasteiger partial charge in [-0.25, -0.2) is 9.97 Å². The molecule has 0 spiro atoms. The molecule has 6 nitrogen and oxygen atoms in total. The Morgan fingerprint density at radius 3 is 2.39 bits per heavy atom. The number of allylic oxidation sites excluding steroid dienone is 4. The molecule has 0 unspecified atom stereocenters. The summed E-state index contributed by atoms with van der Waals surface area (Å²) in [7, 11) is 3.12. The molecule has 2 aromatic rings. The van der Waals surface area contributed by atoms with Gasteiger partial charge in [0, 0.05) is 35.8 Å². The van der Waals surface area contributed by atoms with Crippen LogP contribution in [0.1, 0.15) is 44.3 Å². The first-order chi connectivity index (χ1) is 15.7. The van der Waals surface area contributed by atoms with E-state index in [0.717, 1.165) is 21.4 Å². The van der Waals surface area contributed by atoms with Crippen LogP contribution in [0.4, 0.5) is 0 Å². The fraction of sp³-hybridized carbons (Fsp3) is 0.400. The molecular formula is C25H33N3O3S2. The summed E-state index contributed by atoms with van der Waals surface area (Å²) < 4.78 is 10.9. The molecular weight excluding hydrogens is 454 g/mol. The maximum Gasteiger partial charge on any atom is 0.244 e. The molecule has 2 heterocycles. The van der Waals surface area contributed by atoms with Crippen molar-refractivity contribution < 1.29 is 14.3 Å². The number of carbonyl (C=O) groups excluding carboxylic acids is 1. The van der Waals surface area contributed by atoms with Crippen molar-refractivity contribution in [1.82, 2.24) is 9.97 Å². The van der Waals surface area contributed by atoms with Gasteiger partial charge in [-0.05, 0) is 12.0 Å². The van der Waals surface area contributed by atoms with Gasteiger partial charge < -0.3 is 15.2 Å². The summed E-state index contributed by atoms with van der Waals surface area (Å²) in [6, 6.07) is 0. The molecule has 0 radical (unpaired) electrons. The van der Waals surface area contributed by atoms with E-state index in [0.29, 0.717) is 11.7 Å². The molecule has 178 valence electrons. The summed E-state index contributed by atoms with van der Waals surface area (Å²) in [6.07, 6.45) is 13.3. The second-order valence-electron chi connectivity index (χ2n) is 7.95. The number of nitrogens with zero attached hydrogens (tertiary/aromatic N) is 2. The summed E-state index contributed by atoms with van der Waals surface area (Å²) in [4.78, 5) is 20.7. The van der Waals surface area contributed by atoms with Gasteiger partial charge in [-0.15, -0.1) is 22.7 Å². The third-order valence-corrected chi connectivity index (χ3v) is 6.78. The van der Waals surface area contributed by atoms with E-state index in [2.05, 4.69) is 50.5 Å². The Morgan fingerprint density at radius 2 is 1.76 bits per heavy atom. The van der Waals surface area contributed by atoms with E-state index in [1.165, 1.54) is 13.2 Å². The average Bonchev–Trinajstić information content (AvgIpc) is 3.44. The van der Waals surface area contributed by atoms with Crippen LogP contribution >= 0.6 is 22.7 Å². The Bertz CT molecular complexity index is 1020. The smallest absolute Gasteiger partial charge is 0.244 e. The predicted octanol–water partition coefficient (Wildman–Crippen LogP) is 5.82. The molecule has 33 heavy (non-hydrogen) atoms. The quantitative estimate of drug-likeness (QED) is 0.232. The van der Waals surface area contributed by atoms with E-state index < -0.39 is 5.91 Å². The first-order valence-corrected chi connectivity index (χ1v) is 12.5. The lowest BCUT2D eigenvalue weighted by molar-refractivity contribution is -0.113. The molecule has 8 heteroatoms. The highest BCUT2D eigenvalue weighted by Crippen LogP contribution is 2.29. The zero-order valence-corrected chi connectivity index (χ0v) is 21.7.